The maximum absolute atomic E-state index is 11.4. The van der Waals surface area contributed by atoms with Gasteiger partial charge in [-0.25, -0.2) is 4.79 Å². The molecule has 1 aromatic rings. The third kappa shape index (κ3) is 4.66. The molecular weight excluding hydrogens is 371 g/mol. The Morgan fingerprint density at radius 1 is 1.11 bits per heavy atom. The van der Waals surface area contributed by atoms with E-state index in [-0.39, 0.29) is 22.0 Å². The van der Waals surface area contributed by atoms with Crippen molar-refractivity contribution in [2.75, 3.05) is 5.75 Å². The zero-order valence-corrected chi connectivity index (χ0v) is 16.7. The number of carboxylic acid groups (broad SMARTS) is 1. The van der Waals surface area contributed by atoms with Gasteiger partial charge in [-0.3, -0.25) is 4.79 Å². The number of aromatic carboxylic acids is 1. The number of carbonyl (C=O) groups excluding carboxylic acids is 1. The second-order valence-electron chi connectivity index (χ2n) is 7.32. The molecule has 1 heterocycles. The molecule has 27 heavy (non-hydrogen) atoms. The quantitative estimate of drug-likeness (QED) is 0.653. The summed E-state index contributed by atoms with van der Waals surface area (Å²) < 4.78 is 12.0. The topological polar surface area (TPSA) is 113 Å². The number of rotatable bonds is 5. The fraction of sp³-hybridized carbons (Fsp3) is 0.444. The van der Waals surface area contributed by atoms with E-state index < -0.39 is 35.8 Å². The predicted molar refractivity (Wildman–Crippen MR) is 104 cm³/mol. The molecule has 1 aromatic carbocycles. The Labute approximate surface area is 162 Å². The van der Waals surface area contributed by atoms with E-state index in [4.69, 9.17) is 14.4 Å². The lowest BCUT2D eigenvalue weighted by atomic mass is 9.78. The Morgan fingerprint density at radius 2 is 1.59 bits per heavy atom. The molecule has 146 valence electrons. The highest BCUT2D eigenvalue weighted by Crippen LogP contribution is 2.40. The van der Waals surface area contributed by atoms with Crippen molar-refractivity contribution in [2.24, 2.45) is 0 Å². The molecule has 0 aliphatic carbocycles. The van der Waals surface area contributed by atoms with E-state index in [9.17, 15) is 19.8 Å². The summed E-state index contributed by atoms with van der Waals surface area (Å²) in [6.07, 6.45) is 1.47. The number of phenols is 2. The first-order chi connectivity index (χ1) is 12.3. The molecule has 1 saturated heterocycles. The lowest BCUT2D eigenvalue weighted by molar-refractivity contribution is -0.109. The average Bonchev–Trinajstić information content (AvgIpc) is 2.73. The van der Waals surface area contributed by atoms with Crippen LogP contribution in [0, 0.1) is 0 Å². The third-order valence-corrected chi connectivity index (χ3v) is 5.60. The number of aromatic hydroxyl groups is 2. The summed E-state index contributed by atoms with van der Waals surface area (Å²) in [4.78, 5) is 22.5. The number of thioether (sulfide) groups is 1. The van der Waals surface area contributed by atoms with Crippen LogP contribution >= 0.6 is 11.8 Å². The van der Waals surface area contributed by atoms with Gasteiger partial charge in [0.05, 0.1) is 22.3 Å². The zero-order chi connectivity index (χ0) is 20.6. The van der Waals surface area contributed by atoms with E-state index in [0.717, 1.165) is 23.9 Å². The monoisotopic (exact) mass is 394 g/mol. The Morgan fingerprint density at radius 3 is 2.00 bits per heavy atom. The van der Waals surface area contributed by atoms with Crippen LogP contribution in [0.25, 0.3) is 6.08 Å². The van der Waals surface area contributed by atoms with Crippen molar-refractivity contribution in [1.29, 1.82) is 0 Å². The Kier molecular flexibility index (Phi) is 5.99. The minimum Gasteiger partial charge on any atom is -0.507 e. The van der Waals surface area contributed by atoms with E-state index in [1.807, 2.05) is 27.7 Å². The molecule has 0 aromatic heterocycles. The standard InChI is InChI=1S/C18H23BO7S/c1-10(20)27-9-12(19-25-17(2,3)18(4,5)26-19)8-13-14(21)6-11(16(23)24)7-15(13)22/h6-8,21-22H,9H2,1-5H3,(H,23,24). The van der Waals surface area contributed by atoms with Gasteiger partial charge in [0.1, 0.15) is 11.5 Å². The fourth-order valence-corrected chi connectivity index (χ4v) is 3.03. The minimum absolute atomic E-state index is 0.0360. The summed E-state index contributed by atoms with van der Waals surface area (Å²) >= 11 is 1.04. The Bertz CT molecular complexity index is 762. The fourth-order valence-electron chi connectivity index (χ4n) is 2.44. The van der Waals surface area contributed by atoms with Crippen molar-refractivity contribution in [3.05, 3.63) is 28.7 Å². The van der Waals surface area contributed by atoms with Crippen LogP contribution in [0.3, 0.4) is 0 Å². The molecule has 9 heteroatoms. The van der Waals surface area contributed by atoms with Crippen molar-refractivity contribution >= 4 is 36.0 Å². The number of phenolic OH excluding ortho intramolecular Hbond substituents is 2. The summed E-state index contributed by atoms with van der Waals surface area (Å²) in [5.74, 6) is -1.83. The summed E-state index contributed by atoms with van der Waals surface area (Å²) in [5.41, 5.74) is -0.877. The first-order valence-electron chi connectivity index (χ1n) is 8.33. The Hall–Kier alpha value is -1.97. The highest BCUT2D eigenvalue weighted by atomic mass is 32.2. The molecule has 7 nitrogen and oxygen atoms in total. The molecule has 0 bridgehead atoms. The molecule has 1 aliphatic heterocycles. The SMILES string of the molecule is CC(=O)SCC(=Cc1c(O)cc(C(=O)O)cc1O)B1OC(C)(C)C(C)(C)O1. The van der Waals surface area contributed by atoms with Gasteiger partial charge in [0.25, 0.3) is 0 Å². The number of carbonyl (C=O) groups is 2. The molecule has 0 unspecified atom stereocenters. The first-order valence-corrected chi connectivity index (χ1v) is 9.31. The molecular formula is C18H23BO7S. The number of hydrogen-bond donors (Lipinski definition) is 3. The van der Waals surface area contributed by atoms with Crippen LogP contribution < -0.4 is 0 Å². The first kappa shape index (κ1) is 21.3. The second kappa shape index (κ2) is 7.57. The van der Waals surface area contributed by atoms with Gasteiger partial charge in [0.2, 0.25) is 0 Å². The van der Waals surface area contributed by atoms with Crippen LogP contribution in [-0.2, 0) is 14.1 Å². The second-order valence-corrected chi connectivity index (χ2v) is 8.47. The predicted octanol–water partition coefficient (Wildman–Crippen LogP) is 3.09. The lowest BCUT2D eigenvalue weighted by Gasteiger charge is -2.32. The van der Waals surface area contributed by atoms with Crippen LogP contribution in [0.4, 0.5) is 0 Å². The molecule has 0 amide bonds. The van der Waals surface area contributed by atoms with Crippen LogP contribution in [0.2, 0.25) is 0 Å². The van der Waals surface area contributed by atoms with E-state index in [1.165, 1.54) is 13.0 Å². The van der Waals surface area contributed by atoms with Gasteiger partial charge < -0.3 is 24.6 Å². The van der Waals surface area contributed by atoms with E-state index >= 15 is 0 Å². The largest absolute Gasteiger partial charge is 0.507 e. The summed E-state index contributed by atoms with van der Waals surface area (Å²) in [6.45, 7) is 8.99. The Balaban J connectivity index is 2.46. The minimum atomic E-state index is -1.27. The molecule has 2 rings (SSSR count). The average molecular weight is 394 g/mol. The maximum Gasteiger partial charge on any atom is 0.491 e. The number of hydrogen-bond acceptors (Lipinski definition) is 7. The molecule has 0 saturated carbocycles. The van der Waals surface area contributed by atoms with Gasteiger partial charge in [0.15, 0.2) is 5.12 Å². The van der Waals surface area contributed by atoms with Crippen molar-refractivity contribution < 1.29 is 34.2 Å². The summed E-state index contributed by atoms with van der Waals surface area (Å²) in [5, 5.41) is 29.3. The van der Waals surface area contributed by atoms with E-state index in [0.29, 0.717) is 5.47 Å². The van der Waals surface area contributed by atoms with Gasteiger partial charge in [0, 0.05) is 12.7 Å². The van der Waals surface area contributed by atoms with Gasteiger partial charge in [-0.2, -0.15) is 0 Å². The molecule has 0 spiro atoms. The maximum atomic E-state index is 11.4. The molecule has 0 radical (unpaired) electrons. The smallest absolute Gasteiger partial charge is 0.491 e. The molecule has 1 aliphatic rings. The summed E-state index contributed by atoms with van der Waals surface area (Å²) in [6, 6.07) is 2.10. The van der Waals surface area contributed by atoms with Crippen molar-refractivity contribution in [3.8, 4) is 11.5 Å². The van der Waals surface area contributed by atoms with Gasteiger partial charge in [-0.15, -0.1) is 0 Å². The highest BCUT2D eigenvalue weighted by Gasteiger charge is 2.52. The normalized spacial score (nSPS) is 18.6. The van der Waals surface area contributed by atoms with Gasteiger partial charge >= 0.3 is 13.1 Å². The van der Waals surface area contributed by atoms with Crippen LogP contribution in [-0.4, -0.2) is 50.5 Å². The third-order valence-electron chi connectivity index (χ3n) is 4.71. The number of carboxylic acids is 1. The zero-order valence-electron chi connectivity index (χ0n) is 15.9. The van der Waals surface area contributed by atoms with Gasteiger partial charge in [-0.1, -0.05) is 17.8 Å². The molecule has 0 atom stereocenters. The van der Waals surface area contributed by atoms with Crippen LogP contribution in [0.1, 0.15) is 50.5 Å². The molecule has 3 N–H and O–H groups in total. The molecule has 1 fully saturated rings. The van der Waals surface area contributed by atoms with E-state index in [2.05, 4.69) is 0 Å². The van der Waals surface area contributed by atoms with Crippen molar-refractivity contribution in [3.63, 3.8) is 0 Å². The lowest BCUT2D eigenvalue weighted by Crippen LogP contribution is -2.41. The van der Waals surface area contributed by atoms with Crippen LogP contribution in [0.5, 0.6) is 11.5 Å². The summed E-state index contributed by atoms with van der Waals surface area (Å²) in [7, 11) is -0.778. The van der Waals surface area contributed by atoms with E-state index in [1.54, 1.807) is 0 Å². The van der Waals surface area contributed by atoms with Crippen molar-refractivity contribution in [2.45, 2.75) is 45.8 Å². The number of benzene rings is 1. The highest BCUT2D eigenvalue weighted by molar-refractivity contribution is 8.13. The van der Waals surface area contributed by atoms with Crippen molar-refractivity contribution in [1.82, 2.24) is 0 Å². The van der Waals surface area contributed by atoms with Gasteiger partial charge in [-0.05, 0) is 45.3 Å². The van der Waals surface area contributed by atoms with Crippen LogP contribution in [0.15, 0.2) is 17.6 Å².